The fourth-order valence-corrected chi connectivity index (χ4v) is 3.17. The molecule has 5 nitrogen and oxygen atoms in total. The summed E-state index contributed by atoms with van der Waals surface area (Å²) in [5.74, 6) is -1.07. The zero-order valence-electron chi connectivity index (χ0n) is 11.1. The molecule has 0 atom stereocenters. The van der Waals surface area contributed by atoms with Gasteiger partial charge in [-0.15, -0.1) is 11.3 Å². The highest BCUT2D eigenvalue weighted by Crippen LogP contribution is 2.21. The number of urea groups is 1. The molecular formula is C14H13BrN2O3S. The van der Waals surface area contributed by atoms with E-state index in [0.717, 1.165) is 9.35 Å². The number of nitrogens with one attached hydrogen (secondary N) is 2. The van der Waals surface area contributed by atoms with Crippen LogP contribution < -0.4 is 10.6 Å². The number of carboxylic acids is 1. The second kappa shape index (κ2) is 6.73. The highest BCUT2D eigenvalue weighted by molar-refractivity contribution is 9.10. The number of benzene rings is 1. The van der Waals surface area contributed by atoms with E-state index in [-0.39, 0.29) is 5.56 Å². The van der Waals surface area contributed by atoms with Gasteiger partial charge in [0.2, 0.25) is 0 Å². The van der Waals surface area contributed by atoms with E-state index in [4.69, 9.17) is 5.11 Å². The van der Waals surface area contributed by atoms with Gasteiger partial charge in [0, 0.05) is 14.7 Å². The van der Waals surface area contributed by atoms with Crippen molar-refractivity contribution in [3.8, 4) is 0 Å². The molecule has 0 aliphatic rings. The number of hydrogen-bond acceptors (Lipinski definition) is 3. The molecule has 110 valence electrons. The molecule has 0 saturated carbocycles. The molecule has 0 fully saturated rings. The minimum absolute atomic E-state index is 0.0732. The average molecular weight is 369 g/mol. The van der Waals surface area contributed by atoms with Crippen molar-refractivity contribution in [1.82, 2.24) is 5.32 Å². The Hall–Kier alpha value is -1.86. The predicted molar refractivity (Wildman–Crippen MR) is 86.0 cm³/mol. The van der Waals surface area contributed by atoms with Crippen LogP contribution in [-0.4, -0.2) is 17.1 Å². The van der Waals surface area contributed by atoms with Crippen molar-refractivity contribution >= 4 is 45.0 Å². The molecule has 7 heteroatoms. The smallest absolute Gasteiger partial charge is 0.337 e. The molecule has 0 saturated heterocycles. The number of carbonyl (C=O) groups excluding carboxylic acids is 1. The van der Waals surface area contributed by atoms with Gasteiger partial charge < -0.3 is 15.7 Å². The minimum atomic E-state index is -1.07. The van der Waals surface area contributed by atoms with E-state index in [2.05, 4.69) is 26.6 Å². The first kappa shape index (κ1) is 15.5. The van der Waals surface area contributed by atoms with Crippen molar-refractivity contribution in [1.29, 1.82) is 0 Å². The number of rotatable bonds is 4. The van der Waals surface area contributed by atoms with Crippen LogP contribution >= 0.6 is 27.3 Å². The second-order valence-corrected chi connectivity index (χ2v) is 6.25. The SMILES string of the molecule is Cc1cccc(C(=O)O)c1NC(=O)NCc1cc(Br)cs1. The predicted octanol–water partition coefficient (Wildman–Crippen LogP) is 3.84. The zero-order valence-corrected chi connectivity index (χ0v) is 13.5. The number of aryl methyl sites for hydroxylation is 1. The number of aromatic carboxylic acids is 1. The van der Waals surface area contributed by atoms with Gasteiger partial charge in [-0.25, -0.2) is 9.59 Å². The quantitative estimate of drug-likeness (QED) is 0.766. The fraction of sp³-hybridized carbons (Fsp3) is 0.143. The van der Waals surface area contributed by atoms with E-state index >= 15 is 0 Å². The molecule has 0 radical (unpaired) electrons. The van der Waals surface area contributed by atoms with Crippen molar-refractivity contribution in [3.05, 3.63) is 50.1 Å². The molecule has 21 heavy (non-hydrogen) atoms. The average Bonchev–Trinajstić information content (AvgIpc) is 2.84. The van der Waals surface area contributed by atoms with E-state index in [9.17, 15) is 9.59 Å². The first-order chi connectivity index (χ1) is 9.97. The Morgan fingerprint density at radius 1 is 1.38 bits per heavy atom. The van der Waals surface area contributed by atoms with Gasteiger partial charge in [-0.1, -0.05) is 12.1 Å². The monoisotopic (exact) mass is 368 g/mol. The van der Waals surface area contributed by atoms with Crippen LogP contribution in [0.4, 0.5) is 10.5 Å². The summed E-state index contributed by atoms with van der Waals surface area (Å²) in [4.78, 5) is 24.1. The topological polar surface area (TPSA) is 78.4 Å². The van der Waals surface area contributed by atoms with E-state index in [1.807, 2.05) is 11.4 Å². The lowest BCUT2D eigenvalue weighted by Crippen LogP contribution is -2.29. The lowest BCUT2D eigenvalue weighted by molar-refractivity contribution is 0.0698. The molecule has 2 amide bonds. The van der Waals surface area contributed by atoms with Gasteiger partial charge in [0.15, 0.2) is 0 Å². The Morgan fingerprint density at radius 3 is 2.76 bits per heavy atom. The molecule has 1 heterocycles. The first-order valence-electron chi connectivity index (χ1n) is 6.08. The Labute approximate surface area is 134 Å². The Kier molecular flexibility index (Phi) is 4.98. The lowest BCUT2D eigenvalue weighted by Gasteiger charge is -2.12. The third-order valence-electron chi connectivity index (χ3n) is 2.79. The third kappa shape index (κ3) is 4.05. The molecule has 2 rings (SSSR count). The fourth-order valence-electron chi connectivity index (χ4n) is 1.78. The number of halogens is 1. The molecule has 0 aliphatic heterocycles. The standard InChI is InChI=1S/C14H13BrN2O3S/c1-8-3-2-4-11(13(18)19)12(8)17-14(20)16-6-10-5-9(15)7-21-10/h2-5,7H,6H2,1H3,(H,18,19)(H2,16,17,20). The van der Waals surface area contributed by atoms with Gasteiger partial charge in [-0.05, 0) is 40.5 Å². The maximum Gasteiger partial charge on any atom is 0.337 e. The number of carboxylic acid groups (broad SMARTS) is 1. The highest BCUT2D eigenvalue weighted by Gasteiger charge is 2.14. The summed E-state index contributed by atoms with van der Waals surface area (Å²) in [7, 11) is 0. The van der Waals surface area contributed by atoms with Crippen LogP contribution in [0.1, 0.15) is 20.8 Å². The van der Waals surface area contributed by atoms with E-state index in [1.54, 1.807) is 19.1 Å². The molecule has 3 N–H and O–H groups in total. The zero-order chi connectivity index (χ0) is 15.4. The number of anilines is 1. The summed E-state index contributed by atoms with van der Waals surface area (Å²) in [6, 6.07) is 6.34. The maximum atomic E-state index is 11.9. The van der Waals surface area contributed by atoms with Crippen molar-refractivity contribution in [3.63, 3.8) is 0 Å². The van der Waals surface area contributed by atoms with Crippen molar-refractivity contribution in [2.24, 2.45) is 0 Å². The van der Waals surface area contributed by atoms with Crippen LogP contribution in [0.15, 0.2) is 34.1 Å². The molecule has 1 aromatic heterocycles. The van der Waals surface area contributed by atoms with E-state index in [1.165, 1.54) is 17.4 Å². The van der Waals surface area contributed by atoms with Gasteiger partial charge >= 0.3 is 12.0 Å². The first-order valence-corrected chi connectivity index (χ1v) is 7.75. The summed E-state index contributed by atoms with van der Waals surface area (Å²) in [5.41, 5.74) is 1.09. The second-order valence-electron chi connectivity index (χ2n) is 4.34. The van der Waals surface area contributed by atoms with Crippen molar-refractivity contribution in [2.75, 3.05) is 5.32 Å². The molecule has 0 bridgehead atoms. The molecule has 0 aliphatic carbocycles. The summed E-state index contributed by atoms with van der Waals surface area (Å²) in [5, 5.41) is 16.4. The normalized spacial score (nSPS) is 10.2. The van der Waals surface area contributed by atoms with Crippen LogP contribution in [0.25, 0.3) is 0 Å². The Balaban J connectivity index is 2.04. The van der Waals surface area contributed by atoms with Crippen LogP contribution in [0.2, 0.25) is 0 Å². The van der Waals surface area contributed by atoms with Crippen LogP contribution in [0, 0.1) is 6.92 Å². The van der Waals surface area contributed by atoms with Gasteiger partial charge in [-0.2, -0.15) is 0 Å². The summed E-state index contributed by atoms with van der Waals surface area (Å²) in [6.45, 7) is 2.13. The number of para-hydroxylation sites is 1. The summed E-state index contributed by atoms with van der Waals surface area (Å²) < 4.78 is 0.969. The highest BCUT2D eigenvalue weighted by atomic mass is 79.9. The van der Waals surface area contributed by atoms with Gasteiger partial charge in [0.05, 0.1) is 17.8 Å². The van der Waals surface area contributed by atoms with Gasteiger partial charge in [0.1, 0.15) is 0 Å². The Morgan fingerprint density at radius 2 is 2.14 bits per heavy atom. The largest absolute Gasteiger partial charge is 0.478 e. The van der Waals surface area contributed by atoms with Crippen LogP contribution in [0.5, 0.6) is 0 Å². The van der Waals surface area contributed by atoms with Gasteiger partial charge in [0.25, 0.3) is 0 Å². The molecular weight excluding hydrogens is 356 g/mol. The van der Waals surface area contributed by atoms with Crippen LogP contribution in [0.3, 0.4) is 0 Å². The summed E-state index contributed by atoms with van der Waals surface area (Å²) in [6.07, 6.45) is 0. The number of amides is 2. The molecule has 0 unspecified atom stereocenters. The minimum Gasteiger partial charge on any atom is -0.478 e. The van der Waals surface area contributed by atoms with Crippen molar-refractivity contribution < 1.29 is 14.7 Å². The summed E-state index contributed by atoms with van der Waals surface area (Å²) >= 11 is 4.87. The number of hydrogen-bond donors (Lipinski definition) is 3. The number of carbonyl (C=O) groups is 2. The maximum absolute atomic E-state index is 11.9. The Bertz CT molecular complexity index is 685. The van der Waals surface area contributed by atoms with Gasteiger partial charge in [-0.3, -0.25) is 0 Å². The van der Waals surface area contributed by atoms with E-state index < -0.39 is 12.0 Å². The lowest BCUT2D eigenvalue weighted by atomic mass is 10.1. The van der Waals surface area contributed by atoms with Crippen LogP contribution in [-0.2, 0) is 6.54 Å². The van der Waals surface area contributed by atoms with Crippen molar-refractivity contribution in [2.45, 2.75) is 13.5 Å². The molecule has 1 aromatic carbocycles. The number of thiophene rings is 1. The molecule has 0 spiro atoms. The van der Waals surface area contributed by atoms with E-state index in [0.29, 0.717) is 17.8 Å². The third-order valence-corrected chi connectivity index (χ3v) is 4.48. The molecule has 2 aromatic rings.